The molecule has 0 saturated carbocycles. The lowest BCUT2D eigenvalue weighted by molar-refractivity contribution is 0.0696. The van der Waals surface area contributed by atoms with Crippen molar-refractivity contribution in [3.05, 3.63) is 89.6 Å². The lowest BCUT2D eigenvalue weighted by Gasteiger charge is -2.20. The van der Waals surface area contributed by atoms with Crippen LogP contribution in [0.25, 0.3) is 10.9 Å². The molecule has 0 fully saturated rings. The number of aromatic carboxylic acids is 1. The number of rotatable bonds is 10. The Hall–Kier alpha value is -3.82. The fourth-order valence-corrected chi connectivity index (χ4v) is 5.13. The minimum atomic E-state index is -3.98. The van der Waals surface area contributed by atoms with Crippen molar-refractivity contribution < 1.29 is 27.8 Å². The van der Waals surface area contributed by atoms with Crippen LogP contribution >= 0.6 is 0 Å². The first kappa shape index (κ1) is 24.3. The average molecular weight is 495 g/mol. The third kappa shape index (κ3) is 5.16. The predicted octanol–water partition coefficient (Wildman–Crippen LogP) is 4.38. The van der Waals surface area contributed by atoms with E-state index in [0.29, 0.717) is 18.1 Å². The largest absolute Gasteiger partial charge is 0.493 e. The molecule has 35 heavy (non-hydrogen) atoms. The number of H-pyrrole nitrogens is 1. The number of carboxylic acids is 1. The molecule has 0 bridgehead atoms. The molecule has 0 radical (unpaired) electrons. The summed E-state index contributed by atoms with van der Waals surface area (Å²) in [7, 11) is -2.42. The molecule has 0 amide bonds. The molecule has 4 rings (SSSR count). The van der Waals surface area contributed by atoms with Gasteiger partial charge in [-0.15, -0.1) is 0 Å². The maximum atomic E-state index is 13.1. The van der Waals surface area contributed by atoms with Gasteiger partial charge >= 0.3 is 5.97 Å². The van der Waals surface area contributed by atoms with E-state index in [1.807, 2.05) is 55.6 Å². The molecule has 3 N–H and O–H groups in total. The van der Waals surface area contributed by atoms with Crippen LogP contribution in [0.4, 0.5) is 0 Å². The quantitative estimate of drug-likeness (QED) is 0.301. The van der Waals surface area contributed by atoms with E-state index in [0.717, 1.165) is 28.1 Å². The summed E-state index contributed by atoms with van der Waals surface area (Å²) < 4.78 is 40.0. The summed E-state index contributed by atoms with van der Waals surface area (Å²) in [6, 6.07) is 18.6. The fraction of sp³-hybridized carbons (Fsp3) is 0.192. The van der Waals surface area contributed by atoms with Crippen LogP contribution < -0.4 is 14.2 Å². The van der Waals surface area contributed by atoms with Crippen LogP contribution in [0.2, 0.25) is 0 Å². The summed E-state index contributed by atoms with van der Waals surface area (Å²) in [5.41, 5.74) is 2.57. The van der Waals surface area contributed by atoms with Gasteiger partial charge in [0.05, 0.1) is 24.2 Å². The van der Waals surface area contributed by atoms with Crippen LogP contribution in [0.3, 0.4) is 0 Å². The average Bonchev–Trinajstić information content (AvgIpc) is 3.29. The molecule has 0 aliphatic heterocycles. The molecule has 0 spiro atoms. The van der Waals surface area contributed by atoms with E-state index in [1.165, 1.54) is 18.2 Å². The number of methoxy groups -OCH3 is 1. The van der Waals surface area contributed by atoms with Crippen molar-refractivity contribution >= 4 is 26.9 Å². The number of ether oxygens (including phenoxy) is 2. The first-order valence-corrected chi connectivity index (χ1v) is 12.5. The van der Waals surface area contributed by atoms with E-state index in [2.05, 4.69) is 9.71 Å². The van der Waals surface area contributed by atoms with Crippen LogP contribution in [0.15, 0.2) is 77.8 Å². The van der Waals surface area contributed by atoms with Crippen molar-refractivity contribution in [1.82, 2.24) is 9.71 Å². The molecule has 3 aromatic carbocycles. The van der Waals surface area contributed by atoms with Crippen molar-refractivity contribution in [3.8, 4) is 11.5 Å². The van der Waals surface area contributed by atoms with Gasteiger partial charge in [0.2, 0.25) is 10.0 Å². The number of hydrogen-bond acceptors (Lipinski definition) is 5. The maximum absolute atomic E-state index is 13.1. The number of aromatic nitrogens is 1. The molecule has 4 aromatic rings. The number of hydrogen-bond donors (Lipinski definition) is 3. The predicted molar refractivity (Wildman–Crippen MR) is 133 cm³/mol. The molecule has 1 aromatic heterocycles. The normalized spacial score (nSPS) is 12.4. The van der Waals surface area contributed by atoms with Gasteiger partial charge in [-0.05, 0) is 54.4 Å². The highest BCUT2D eigenvalue weighted by molar-refractivity contribution is 7.89. The van der Waals surface area contributed by atoms with Crippen LogP contribution in [-0.4, -0.2) is 44.7 Å². The minimum Gasteiger partial charge on any atom is -0.493 e. The van der Waals surface area contributed by atoms with Crippen molar-refractivity contribution in [2.24, 2.45) is 0 Å². The highest BCUT2D eigenvalue weighted by atomic mass is 32.2. The van der Waals surface area contributed by atoms with Gasteiger partial charge in [-0.1, -0.05) is 30.3 Å². The summed E-state index contributed by atoms with van der Waals surface area (Å²) >= 11 is 0. The Morgan fingerprint density at radius 1 is 1.06 bits per heavy atom. The Morgan fingerprint density at radius 2 is 1.86 bits per heavy atom. The Morgan fingerprint density at radius 3 is 2.60 bits per heavy atom. The molecule has 0 aliphatic rings. The van der Waals surface area contributed by atoms with Gasteiger partial charge < -0.3 is 19.6 Å². The Labute approximate surface area is 203 Å². The Bertz CT molecular complexity index is 1460. The molecule has 0 aliphatic carbocycles. The van der Waals surface area contributed by atoms with Crippen LogP contribution in [0.5, 0.6) is 11.5 Å². The number of fused-ring (bicyclic) bond motifs is 1. The van der Waals surface area contributed by atoms with E-state index in [1.54, 1.807) is 7.11 Å². The third-order valence-corrected chi connectivity index (χ3v) is 7.18. The van der Waals surface area contributed by atoms with Gasteiger partial charge in [-0.2, -0.15) is 0 Å². The number of carboxylic acid groups (broad SMARTS) is 1. The van der Waals surface area contributed by atoms with Gasteiger partial charge in [0, 0.05) is 29.6 Å². The van der Waals surface area contributed by atoms with E-state index in [4.69, 9.17) is 9.47 Å². The molecule has 8 nitrogen and oxygen atoms in total. The maximum Gasteiger partial charge on any atom is 0.335 e. The van der Waals surface area contributed by atoms with E-state index in [9.17, 15) is 18.3 Å². The minimum absolute atomic E-state index is 0.0403. The first-order chi connectivity index (χ1) is 16.8. The van der Waals surface area contributed by atoms with Crippen LogP contribution in [0, 0.1) is 0 Å². The van der Waals surface area contributed by atoms with Gasteiger partial charge in [0.1, 0.15) is 0 Å². The van der Waals surface area contributed by atoms with Crippen LogP contribution in [-0.2, 0) is 10.0 Å². The standard InChI is InChI=1S/C26H26N2O6S/c1-3-34-24-12-11-17(14-25(24)33-2)21(22-15-27-23-10-5-4-9-20(22)23)16-28-35(31,32)19-8-6-7-18(13-19)26(29)30/h4-15,21,27-28H,3,16H2,1-2H3,(H,29,30)/t21-/m1/s1. The number of sulfonamides is 1. The number of para-hydroxylation sites is 1. The second kappa shape index (κ2) is 10.2. The summed E-state index contributed by atoms with van der Waals surface area (Å²) in [5.74, 6) is -0.415. The lowest BCUT2D eigenvalue weighted by atomic mass is 9.91. The highest BCUT2D eigenvalue weighted by Crippen LogP contribution is 2.36. The molecule has 1 heterocycles. The smallest absolute Gasteiger partial charge is 0.335 e. The zero-order valence-corrected chi connectivity index (χ0v) is 20.1. The second-order valence-corrected chi connectivity index (χ2v) is 9.64. The zero-order valence-electron chi connectivity index (χ0n) is 19.3. The van der Waals surface area contributed by atoms with E-state index >= 15 is 0 Å². The molecule has 0 saturated heterocycles. The van der Waals surface area contributed by atoms with Crippen molar-refractivity contribution in [2.75, 3.05) is 20.3 Å². The number of nitrogens with one attached hydrogen (secondary N) is 2. The van der Waals surface area contributed by atoms with Gasteiger partial charge in [0.25, 0.3) is 0 Å². The number of carbonyl (C=O) groups is 1. The molecule has 0 unspecified atom stereocenters. The molecular weight excluding hydrogens is 468 g/mol. The third-order valence-electron chi connectivity index (χ3n) is 5.76. The zero-order chi connectivity index (χ0) is 25.0. The second-order valence-electron chi connectivity index (χ2n) is 7.87. The first-order valence-electron chi connectivity index (χ1n) is 11.0. The molecule has 1 atom stereocenters. The van der Waals surface area contributed by atoms with Crippen LogP contribution in [0.1, 0.15) is 34.3 Å². The van der Waals surface area contributed by atoms with E-state index in [-0.39, 0.29) is 22.9 Å². The Balaban J connectivity index is 1.73. The summed E-state index contributed by atoms with van der Waals surface area (Å²) in [6.45, 7) is 2.41. The summed E-state index contributed by atoms with van der Waals surface area (Å²) in [4.78, 5) is 14.4. The topological polar surface area (TPSA) is 118 Å². The Kier molecular flexibility index (Phi) is 7.09. The molecule has 9 heteroatoms. The fourth-order valence-electron chi connectivity index (χ4n) is 4.04. The van der Waals surface area contributed by atoms with Crippen molar-refractivity contribution in [1.29, 1.82) is 0 Å². The van der Waals surface area contributed by atoms with Gasteiger partial charge in [-0.3, -0.25) is 0 Å². The van der Waals surface area contributed by atoms with Gasteiger partial charge in [-0.25, -0.2) is 17.9 Å². The SMILES string of the molecule is CCOc1ccc([C@@H](CNS(=O)(=O)c2cccc(C(=O)O)c2)c2c[nH]c3ccccc23)cc1OC. The lowest BCUT2D eigenvalue weighted by Crippen LogP contribution is -2.29. The summed E-state index contributed by atoms with van der Waals surface area (Å²) in [6.07, 6.45) is 1.87. The molecular formula is C26H26N2O6S. The monoisotopic (exact) mass is 494 g/mol. The number of benzene rings is 3. The van der Waals surface area contributed by atoms with E-state index < -0.39 is 16.0 Å². The molecule has 182 valence electrons. The summed E-state index contributed by atoms with van der Waals surface area (Å²) in [5, 5.41) is 10.2. The van der Waals surface area contributed by atoms with Gasteiger partial charge in [0.15, 0.2) is 11.5 Å². The van der Waals surface area contributed by atoms with Crippen molar-refractivity contribution in [2.45, 2.75) is 17.7 Å². The number of aromatic amines is 1. The highest BCUT2D eigenvalue weighted by Gasteiger charge is 2.24. The van der Waals surface area contributed by atoms with Crippen molar-refractivity contribution in [3.63, 3.8) is 0 Å².